The zero-order chi connectivity index (χ0) is 30.7. The summed E-state index contributed by atoms with van der Waals surface area (Å²) in [6.07, 6.45) is -61.9. The van der Waals surface area contributed by atoms with E-state index >= 15 is 0 Å². The SMILES string of the molecule is F[C@@H](OC(F)(F)[C@@](F)(OC(F)(F)[C@](F)(OC(F)(F)C(F)(F)C(F)(F)F)C(F)(F)F)C(F)(F)F)C(F)(F)F. The van der Waals surface area contributed by atoms with E-state index in [1.54, 1.807) is 0 Å². The molecule has 0 saturated heterocycles. The Hall–Kier alpha value is -1.73. The molecule has 0 fully saturated rings. The minimum absolute atomic E-state index is 1.01. The van der Waals surface area contributed by atoms with Gasteiger partial charge in [-0.3, -0.25) is 14.2 Å². The van der Waals surface area contributed by atoms with E-state index < -0.39 is 67.0 Å². The van der Waals surface area contributed by atoms with E-state index in [1.807, 2.05) is 0 Å². The van der Waals surface area contributed by atoms with Crippen LogP contribution in [-0.4, -0.2) is 67.0 Å². The Bertz CT molecular complexity index is 790. The molecule has 0 spiro atoms. The fourth-order valence-electron chi connectivity index (χ4n) is 1.49. The highest BCUT2D eigenvalue weighted by atomic mass is 19.4. The number of hydrogen-bond donors (Lipinski definition) is 0. The highest BCUT2D eigenvalue weighted by molar-refractivity contribution is 4.96. The Morgan fingerprint density at radius 3 is 0.946 bits per heavy atom. The monoisotopic (exact) mass is 618 g/mol. The lowest BCUT2D eigenvalue weighted by Gasteiger charge is -2.41. The van der Waals surface area contributed by atoms with E-state index in [9.17, 15) is 101 Å². The molecule has 0 heterocycles. The van der Waals surface area contributed by atoms with Gasteiger partial charge in [-0.1, -0.05) is 0 Å². The van der Waals surface area contributed by atoms with Crippen LogP contribution in [0.5, 0.6) is 0 Å². The highest BCUT2D eigenvalue weighted by Gasteiger charge is 2.87. The molecule has 0 aliphatic rings. The third kappa shape index (κ3) is 6.30. The molecule has 3 atom stereocenters. The Kier molecular flexibility index (Phi) is 8.75. The van der Waals surface area contributed by atoms with Crippen LogP contribution in [0.3, 0.4) is 0 Å². The summed E-state index contributed by atoms with van der Waals surface area (Å²) in [5, 5.41) is 0. The number of halogens is 23. The summed E-state index contributed by atoms with van der Waals surface area (Å²) in [6, 6.07) is 0. The van der Waals surface area contributed by atoms with Crippen LogP contribution in [0, 0.1) is 0 Å². The molecule has 0 radical (unpaired) electrons. The first-order valence-corrected chi connectivity index (χ1v) is 7.42. The highest BCUT2D eigenvalue weighted by Crippen LogP contribution is 2.58. The summed E-state index contributed by atoms with van der Waals surface area (Å²) in [4.78, 5) is 0. The molecule has 224 valence electrons. The van der Waals surface area contributed by atoms with Crippen molar-refractivity contribution in [1.82, 2.24) is 0 Å². The van der Waals surface area contributed by atoms with E-state index in [0.717, 1.165) is 9.47 Å². The molecule has 26 heteroatoms. The van der Waals surface area contributed by atoms with Crippen LogP contribution in [0.4, 0.5) is 101 Å². The van der Waals surface area contributed by atoms with Gasteiger partial charge in [-0.15, -0.1) is 0 Å². The summed E-state index contributed by atoms with van der Waals surface area (Å²) in [7, 11) is 0. The molecule has 37 heavy (non-hydrogen) atoms. The Morgan fingerprint density at radius 2 is 0.676 bits per heavy atom. The van der Waals surface area contributed by atoms with Gasteiger partial charge in [-0.2, -0.15) is 96.6 Å². The Labute approximate surface area is 184 Å². The predicted octanol–water partition coefficient (Wildman–Crippen LogP) is 7.33. The summed E-state index contributed by atoms with van der Waals surface area (Å²) in [5.41, 5.74) is 0. The Morgan fingerprint density at radius 1 is 0.378 bits per heavy atom. The number of alkyl halides is 23. The standard InChI is InChI=1S/C11HF23O3/c12-1(2(13,14)15)35-10(31,32)4(18,7(23,24)25)37-11(33,34)5(19,8(26,27)28)36-9(29,30)3(16,17)6(20,21)22/h1H/t1-,4-,5+/m0/s1. The van der Waals surface area contributed by atoms with Crippen molar-refractivity contribution in [2.75, 3.05) is 0 Å². The fourth-order valence-corrected chi connectivity index (χ4v) is 1.49. The molecule has 0 rings (SSSR count). The van der Waals surface area contributed by atoms with Crippen molar-refractivity contribution in [2.45, 2.75) is 67.0 Å². The van der Waals surface area contributed by atoms with Crippen molar-refractivity contribution in [2.24, 2.45) is 0 Å². The van der Waals surface area contributed by atoms with Crippen molar-refractivity contribution in [1.29, 1.82) is 0 Å². The molecule has 0 aliphatic heterocycles. The second kappa shape index (κ2) is 9.18. The fraction of sp³-hybridized carbons (Fsp3) is 1.00. The largest absolute Gasteiger partial charge is 0.462 e. The third-order valence-electron chi connectivity index (χ3n) is 3.25. The predicted molar refractivity (Wildman–Crippen MR) is 59.8 cm³/mol. The van der Waals surface area contributed by atoms with Crippen LogP contribution in [-0.2, 0) is 14.2 Å². The molecular formula is C11HF23O3. The smallest absolute Gasteiger partial charge is 0.272 e. The van der Waals surface area contributed by atoms with Gasteiger partial charge in [-0.05, 0) is 0 Å². The van der Waals surface area contributed by atoms with Crippen molar-refractivity contribution in [3.05, 3.63) is 0 Å². The van der Waals surface area contributed by atoms with Gasteiger partial charge in [0.15, 0.2) is 0 Å². The van der Waals surface area contributed by atoms with Crippen LogP contribution < -0.4 is 0 Å². The zero-order valence-corrected chi connectivity index (χ0v) is 15.5. The molecule has 0 unspecified atom stereocenters. The molecule has 0 N–H and O–H groups in total. The molecule has 0 amide bonds. The first-order valence-electron chi connectivity index (χ1n) is 7.42. The van der Waals surface area contributed by atoms with Crippen molar-refractivity contribution < 1.29 is 115 Å². The first-order chi connectivity index (χ1) is 15.5. The third-order valence-corrected chi connectivity index (χ3v) is 3.25. The zero-order valence-electron chi connectivity index (χ0n) is 15.5. The summed E-state index contributed by atoms with van der Waals surface area (Å²) >= 11 is 0. The van der Waals surface area contributed by atoms with Crippen LogP contribution in [0.1, 0.15) is 0 Å². The van der Waals surface area contributed by atoms with Crippen LogP contribution in [0.15, 0.2) is 0 Å². The van der Waals surface area contributed by atoms with Crippen molar-refractivity contribution in [3.8, 4) is 0 Å². The number of ether oxygens (including phenoxy) is 3. The van der Waals surface area contributed by atoms with E-state index in [1.165, 1.54) is 4.74 Å². The molecule has 0 aromatic carbocycles. The molecule has 0 aromatic heterocycles. The van der Waals surface area contributed by atoms with Gasteiger partial charge in [0, 0.05) is 0 Å². The van der Waals surface area contributed by atoms with Gasteiger partial charge < -0.3 is 0 Å². The normalized spacial score (nSPS) is 19.9. The lowest BCUT2D eigenvalue weighted by atomic mass is 10.2. The van der Waals surface area contributed by atoms with Crippen LogP contribution in [0.25, 0.3) is 0 Å². The maximum atomic E-state index is 13.8. The summed E-state index contributed by atoms with van der Waals surface area (Å²) in [6.45, 7) is 0. The maximum absolute atomic E-state index is 13.8. The average Bonchev–Trinajstić information content (AvgIpc) is 2.56. The van der Waals surface area contributed by atoms with Gasteiger partial charge in [0.1, 0.15) is 0 Å². The molecule has 0 bridgehead atoms. The lowest BCUT2D eigenvalue weighted by Crippen LogP contribution is -2.70. The van der Waals surface area contributed by atoms with Gasteiger partial charge in [0.05, 0.1) is 0 Å². The van der Waals surface area contributed by atoms with E-state index in [0.29, 0.717) is 0 Å². The molecule has 0 aliphatic carbocycles. The topological polar surface area (TPSA) is 27.7 Å². The van der Waals surface area contributed by atoms with E-state index in [-0.39, 0.29) is 0 Å². The minimum atomic E-state index is -8.60. The van der Waals surface area contributed by atoms with Crippen LogP contribution in [0.2, 0.25) is 0 Å². The van der Waals surface area contributed by atoms with Gasteiger partial charge in [-0.25, -0.2) is 4.39 Å². The average molecular weight is 618 g/mol. The molecular weight excluding hydrogens is 617 g/mol. The molecule has 0 aromatic rings. The minimum Gasteiger partial charge on any atom is -0.272 e. The first kappa shape index (κ1) is 35.3. The second-order valence-electron chi connectivity index (χ2n) is 5.99. The second-order valence-corrected chi connectivity index (χ2v) is 5.99. The Balaban J connectivity index is 6.96. The summed E-state index contributed by atoms with van der Waals surface area (Å²) < 4.78 is 295. The summed E-state index contributed by atoms with van der Waals surface area (Å²) in [5.74, 6) is -25.1. The van der Waals surface area contributed by atoms with Gasteiger partial charge >= 0.3 is 60.7 Å². The number of rotatable bonds is 9. The van der Waals surface area contributed by atoms with Gasteiger partial charge in [0.2, 0.25) is 0 Å². The molecule has 3 nitrogen and oxygen atoms in total. The van der Waals surface area contributed by atoms with Gasteiger partial charge in [0.25, 0.3) is 6.36 Å². The number of hydrogen-bond acceptors (Lipinski definition) is 3. The lowest BCUT2D eigenvalue weighted by molar-refractivity contribution is -0.575. The maximum Gasteiger partial charge on any atom is 0.462 e. The van der Waals surface area contributed by atoms with Crippen LogP contribution >= 0.6 is 0 Å². The molecule has 0 saturated carbocycles. The quantitative estimate of drug-likeness (QED) is 0.254. The van der Waals surface area contributed by atoms with E-state index in [4.69, 9.17) is 0 Å². The van der Waals surface area contributed by atoms with Crippen molar-refractivity contribution in [3.63, 3.8) is 0 Å². The van der Waals surface area contributed by atoms with E-state index in [2.05, 4.69) is 0 Å². The van der Waals surface area contributed by atoms with Crippen molar-refractivity contribution >= 4 is 0 Å².